The van der Waals surface area contributed by atoms with Crippen LogP contribution < -0.4 is 5.32 Å². The Hall–Kier alpha value is -0.380. The number of halogens is 1. The van der Waals surface area contributed by atoms with E-state index >= 15 is 0 Å². The molecule has 1 aromatic rings. The highest BCUT2D eigenvalue weighted by molar-refractivity contribution is 9.10. The molecule has 1 fully saturated rings. The maximum absolute atomic E-state index is 5.52. The van der Waals surface area contributed by atoms with Gasteiger partial charge in [-0.25, -0.2) is 0 Å². The van der Waals surface area contributed by atoms with Gasteiger partial charge in [0.2, 0.25) is 0 Å². The normalized spacial score (nSPS) is 24.6. The summed E-state index contributed by atoms with van der Waals surface area (Å²) >= 11 is 3.63. The molecular formula is C15H22BrNO. The number of ether oxygens (including phenoxy) is 1. The van der Waals surface area contributed by atoms with Gasteiger partial charge < -0.3 is 10.1 Å². The van der Waals surface area contributed by atoms with Crippen LogP contribution >= 0.6 is 15.9 Å². The standard InChI is InChI=1S/C15H22BrNO/c1-3-18-11(2)10-17-13-8-12(9-13)14-6-4-5-7-15(14)16/h4-7,11-13,17H,3,8-10H2,1-2H3. The molecule has 2 rings (SSSR count). The molecular weight excluding hydrogens is 290 g/mol. The minimum Gasteiger partial charge on any atom is -0.377 e. The Morgan fingerprint density at radius 2 is 2.11 bits per heavy atom. The molecule has 0 radical (unpaired) electrons. The third-order valence-corrected chi connectivity index (χ3v) is 4.35. The van der Waals surface area contributed by atoms with E-state index in [1.165, 1.54) is 22.9 Å². The van der Waals surface area contributed by atoms with Crippen molar-refractivity contribution in [2.75, 3.05) is 13.2 Å². The fourth-order valence-corrected chi connectivity index (χ4v) is 3.13. The molecule has 0 spiro atoms. The maximum Gasteiger partial charge on any atom is 0.0671 e. The molecule has 1 aliphatic carbocycles. The lowest BCUT2D eigenvalue weighted by Gasteiger charge is -2.37. The molecule has 1 aromatic carbocycles. The van der Waals surface area contributed by atoms with Gasteiger partial charge in [0.15, 0.2) is 0 Å². The Morgan fingerprint density at radius 3 is 2.78 bits per heavy atom. The molecule has 100 valence electrons. The van der Waals surface area contributed by atoms with E-state index in [0.29, 0.717) is 18.1 Å². The van der Waals surface area contributed by atoms with Crippen LogP contribution in [0.5, 0.6) is 0 Å². The Balaban J connectivity index is 1.73. The first kappa shape index (κ1) is 14.0. The molecule has 0 amide bonds. The van der Waals surface area contributed by atoms with Crippen LogP contribution in [0.15, 0.2) is 28.7 Å². The van der Waals surface area contributed by atoms with E-state index < -0.39 is 0 Å². The van der Waals surface area contributed by atoms with Crippen LogP contribution in [0.1, 0.15) is 38.2 Å². The number of benzene rings is 1. The number of rotatable bonds is 6. The fraction of sp³-hybridized carbons (Fsp3) is 0.600. The van der Waals surface area contributed by atoms with Crippen molar-refractivity contribution in [3.63, 3.8) is 0 Å². The van der Waals surface area contributed by atoms with Gasteiger partial charge in [-0.15, -0.1) is 0 Å². The number of hydrogen-bond acceptors (Lipinski definition) is 2. The van der Waals surface area contributed by atoms with Crippen LogP contribution in [-0.4, -0.2) is 25.3 Å². The smallest absolute Gasteiger partial charge is 0.0671 e. The Kier molecular flexibility index (Phi) is 5.22. The fourth-order valence-electron chi connectivity index (χ4n) is 2.52. The first-order chi connectivity index (χ1) is 8.70. The topological polar surface area (TPSA) is 21.3 Å². The Labute approximate surface area is 118 Å². The van der Waals surface area contributed by atoms with E-state index in [1.54, 1.807) is 0 Å². The second kappa shape index (κ2) is 6.69. The molecule has 0 bridgehead atoms. The summed E-state index contributed by atoms with van der Waals surface area (Å²) in [6, 6.07) is 9.22. The Morgan fingerprint density at radius 1 is 1.39 bits per heavy atom. The highest BCUT2D eigenvalue weighted by Crippen LogP contribution is 2.39. The van der Waals surface area contributed by atoms with Crippen molar-refractivity contribution in [3.05, 3.63) is 34.3 Å². The quantitative estimate of drug-likeness (QED) is 0.864. The molecule has 1 atom stereocenters. The maximum atomic E-state index is 5.52. The largest absolute Gasteiger partial charge is 0.377 e. The van der Waals surface area contributed by atoms with Gasteiger partial charge in [0, 0.05) is 23.7 Å². The minimum atomic E-state index is 0.317. The molecule has 0 saturated heterocycles. The van der Waals surface area contributed by atoms with Gasteiger partial charge in [-0.3, -0.25) is 0 Å². The number of hydrogen-bond donors (Lipinski definition) is 1. The lowest BCUT2D eigenvalue weighted by atomic mass is 9.76. The summed E-state index contributed by atoms with van der Waals surface area (Å²) in [6.07, 6.45) is 2.79. The van der Waals surface area contributed by atoms with Gasteiger partial charge in [0.05, 0.1) is 6.10 Å². The van der Waals surface area contributed by atoms with Gasteiger partial charge in [-0.2, -0.15) is 0 Å². The minimum absolute atomic E-state index is 0.317. The molecule has 18 heavy (non-hydrogen) atoms. The summed E-state index contributed by atoms with van der Waals surface area (Å²) in [4.78, 5) is 0. The van der Waals surface area contributed by atoms with Crippen molar-refractivity contribution in [2.45, 2.75) is 44.8 Å². The SMILES string of the molecule is CCOC(C)CNC1CC(c2ccccc2Br)C1. The van der Waals surface area contributed by atoms with Crippen molar-refractivity contribution < 1.29 is 4.74 Å². The molecule has 1 unspecified atom stereocenters. The third kappa shape index (κ3) is 3.56. The summed E-state index contributed by atoms with van der Waals surface area (Å²) in [5, 5.41) is 3.58. The first-order valence-corrected chi connectivity index (χ1v) is 7.59. The molecule has 0 heterocycles. The third-order valence-electron chi connectivity index (χ3n) is 3.63. The van der Waals surface area contributed by atoms with E-state index in [0.717, 1.165) is 13.2 Å². The predicted octanol–water partition coefficient (Wildman–Crippen LogP) is 3.71. The highest BCUT2D eigenvalue weighted by atomic mass is 79.9. The molecule has 2 nitrogen and oxygen atoms in total. The number of nitrogens with one attached hydrogen (secondary N) is 1. The van der Waals surface area contributed by atoms with Crippen molar-refractivity contribution in [2.24, 2.45) is 0 Å². The molecule has 0 aliphatic heterocycles. The zero-order valence-electron chi connectivity index (χ0n) is 11.2. The zero-order chi connectivity index (χ0) is 13.0. The van der Waals surface area contributed by atoms with E-state index in [1.807, 2.05) is 6.92 Å². The van der Waals surface area contributed by atoms with Gasteiger partial charge in [0.25, 0.3) is 0 Å². The van der Waals surface area contributed by atoms with Crippen LogP contribution in [-0.2, 0) is 4.74 Å². The molecule has 1 N–H and O–H groups in total. The highest BCUT2D eigenvalue weighted by Gasteiger charge is 2.31. The van der Waals surface area contributed by atoms with Crippen molar-refractivity contribution in [1.29, 1.82) is 0 Å². The molecule has 1 aliphatic rings. The van der Waals surface area contributed by atoms with Crippen molar-refractivity contribution in [3.8, 4) is 0 Å². The zero-order valence-corrected chi connectivity index (χ0v) is 12.7. The van der Waals surface area contributed by atoms with Gasteiger partial charge >= 0.3 is 0 Å². The van der Waals surface area contributed by atoms with Crippen LogP contribution in [0.3, 0.4) is 0 Å². The molecule has 0 aromatic heterocycles. The van der Waals surface area contributed by atoms with E-state index in [-0.39, 0.29) is 0 Å². The molecule has 1 saturated carbocycles. The second-order valence-electron chi connectivity index (χ2n) is 5.06. The Bertz CT molecular complexity index is 377. The summed E-state index contributed by atoms with van der Waals surface area (Å²) in [7, 11) is 0. The first-order valence-electron chi connectivity index (χ1n) is 6.80. The monoisotopic (exact) mass is 311 g/mol. The average Bonchev–Trinajstić information content (AvgIpc) is 2.29. The van der Waals surface area contributed by atoms with Crippen LogP contribution in [0.2, 0.25) is 0 Å². The van der Waals surface area contributed by atoms with E-state index in [9.17, 15) is 0 Å². The van der Waals surface area contributed by atoms with Crippen LogP contribution in [0, 0.1) is 0 Å². The summed E-state index contributed by atoms with van der Waals surface area (Å²) in [6.45, 7) is 5.93. The van der Waals surface area contributed by atoms with Gasteiger partial charge in [0.1, 0.15) is 0 Å². The lowest BCUT2D eigenvalue weighted by molar-refractivity contribution is 0.0702. The molecule has 3 heteroatoms. The van der Waals surface area contributed by atoms with Gasteiger partial charge in [-0.05, 0) is 44.2 Å². The predicted molar refractivity (Wildman–Crippen MR) is 79.0 cm³/mol. The van der Waals surface area contributed by atoms with E-state index in [2.05, 4.69) is 52.4 Å². The van der Waals surface area contributed by atoms with Crippen LogP contribution in [0.25, 0.3) is 0 Å². The second-order valence-corrected chi connectivity index (χ2v) is 5.92. The van der Waals surface area contributed by atoms with E-state index in [4.69, 9.17) is 4.74 Å². The van der Waals surface area contributed by atoms with Crippen LogP contribution in [0.4, 0.5) is 0 Å². The summed E-state index contributed by atoms with van der Waals surface area (Å²) in [5.41, 5.74) is 1.45. The summed E-state index contributed by atoms with van der Waals surface area (Å²) < 4.78 is 6.77. The summed E-state index contributed by atoms with van der Waals surface area (Å²) in [5.74, 6) is 0.709. The van der Waals surface area contributed by atoms with Crippen molar-refractivity contribution in [1.82, 2.24) is 5.32 Å². The van der Waals surface area contributed by atoms with Crippen molar-refractivity contribution >= 4 is 15.9 Å². The average molecular weight is 312 g/mol. The van der Waals surface area contributed by atoms with Gasteiger partial charge in [-0.1, -0.05) is 34.1 Å². The lowest BCUT2D eigenvalue weighted by Crippen LogP contribution is -2.43.